The van der Waals surface area contributed by atoms with E-state index in [1.807, 2.05) is 34.6 Å². The first-order valence-corrected chi connectivity index (χ1v) is 8.92. The fourth-order valence-corrected chi connectivity index (χ4v) is 5.03. The lowest BCUT2D eigenvalue weighted by Crippen LogP contribution is -2.48. The predicted octanol–water partition coefficient (Wildman–Crippen LogP) is 2.42. The van der Waals surface area contributed by atoms with Gasteiger partial charge in [-0.15, -0.1) is 0 Å². The molecule has 0 N–H and O–H groups in total. The van der Waals surface area contributed by atoms with Gasteiger partial charge in [0, 0.05) is 13.1 Å². The van der Waals surface area contributed by atoms with E-state index in [-0.39, 0.29) is 12.2 Å². The van der Waals surface area contributed by atoms with Gasteiger partial charge in [0.1, 0.15) is 5.75 Å². The summed E-state index contributed by atoms with van der Waals surface area (Å²) in [7, 11) is -1.93. The van der Waals surface area contributed by atoms with E-state index in [1.54, 1.807) is 13.2 Å². The summed E-state index contributed by atoms with van der Waals surface area (Å²) >= 11 is 0. The van der Waals surface area contributed by atoms with E-state index in [4.69, 9.17) is 9.47 Å². The molecule has 2 rings (SSSR count). The third-order valence-electron chi connectivity index (χ3n) is 4.19. The Kier molecular flexibility index (Phi) is 4.84. The highest BCUT2D eigenvalue weighted by atomic mass is 32.2. The fourth-order valence-electron chi connectivity index (χ4n) is 3.07. The van der Waals surface area contributed by atoms with Gasteiger partial charge < -0.3 is 9.47 Å². The van der Waals surface area contributed by atoms with Gasteiger partial charge in [-0.05, 0) is 57.4 Å². The van der Waals surface area contributed by atoms with Gasteiger partial charge in [-0.3, -0.25) is 0 Å². The second kappa shape index (κ2) is 6.18. The standard InChI is InChI=1S/C16H25NO4S/c1-10-7-15(13(4)14(5)16(10)20-6)22(18,19)17-8-11(2)21-12(3)9-17/h7,11-12H,8-9H2,1-6H3/t11-,12-/m0/s1. The Morgan fingerprint density at radius 3 is 2.18 bits per heavy atom. The van der Waals surface area contributed by atoms with Crippen molar-refractivity contribution in [1.82, 2.24) is 4.31 Å². The van der Waals surface area contributed by atoms with Crippen LogP contribution < -0.4 is 4.74 Å². The van der Waals surface area contributed by atoms with Crippen LogP contribution in [0.25, 0.3) is 0 Å². The Balaban J connectivity index is 2.50. The average Bonchev–Trinajstić information content (AvgIpc) is 2.42. The zero-order valence-electron chi connectivity index (χ0n) is 14.1. The van der Waals surface area contributed by atoms with Crippen molar-refractivity contribution >= 4 is 10.0 Å². The minimum absolute atomic E-state index is 0.0979. The molecule has 124 valence electrons. The first kappa shape index (κ1) is 17.2. The topological polar surface area (TPSA) is 55.8 Å². The minimum atomic E-state index is -3.53. The van der Waals surface area contributed by atoms with E-state index in [0.717, 1.165) is 22.4 Å². The van der Waals surface area contributed by atoms with Crippen LogP contribution in [-0.4, -0.2) is 45.1 Å². The number of nitrogens with zero attached hydrogens (tertiary/aromatic N) is 1. The van der Waals surface area contributed by atoms with Crippen LogP contribution >= 0.6 is 0 Å². The van der Waals surface area contributed by atoms with E-state index < -0.39 is 10.0 Å². The maximum atomic E-state index is 13.0. The van der Waals surface area contributed by atoms with Gasteiger partial charge in [0.05, 0.1) is 24.2 Å². The molecule has 1 aromatic rings. The van der Waals surface area contributed by atoms with Crippen molar-refractivity contribution in [2.24, 2.45) is 0 Å². The molecule has 2 atom stereocenters. The average molecular weight is 327 g/mol. The molecule has 5 nitrogen and oxygen atoms in total. The van der Waals surface area contributed by atoms with Crippen LogP contribution in [0.4, 0.5) is 0 Å². The third kappa shape index (κ3) is 3.00. The molecule has 0 aromatic heterocycles. The highest BCUT2D eigenvalue weighted by molar-refractivity contribution is 7.89. The van der Waals surface area contributed by atoms with Crippen LogP contribution in [0.15, 0.2) is 11.0 Å². The smallest absolute Gasteiger partial charge is 0.243 e. The van der Waals surface area contributed by atoms with Gasteiger partial charge in [-0.2, -0.15) is 4.31 Å². The largest absolute Gasteiger partial charge is 0.496 e. The summed E-state index contributed by atoms with van der Waals surface area (Å²) < 4.78 is 38.6. The quantitative estimate of drug-likeness (QED) is 0.855. The maximum Gasteiger partial charge on any atom is 0.243 e. The summed E-state index contributed by atoms with van der Waals surface area (Å²) in [5.74, 6) is 0.750. The van der Waals surface area contributed by atoms with Crippen LogP contribution in [0.5, 0.6) is 5.75 Å². The molecule has 0 spiro atoms. The normalized spacial score (nSPS) is 23.5. The Labute approximate surface area is 133 Å². The zero-order valence-corrected chi connectivity index (χ0v) is 15.0. The van der Waals surface area contributed by atoms with Crippen LogP contribution in [0.3, 0.4) is 0 Å². The van der Waals surface area contributed by atoms with E-state index in [9.17, 15) is 8.42 Å². The zero-order chi connectivity index (χ0) is 16.7. The molecular formula is C16H25NO4S. The summed E-state index contributed by atoms with van der Waals surface area (Å²) in [4.78, 5) is 0.365. The molecular weight excluding hydrogens is 302 g/mol. The SMILES string of the molecule is COc1c(C)cc(S(=O)(=O)N2C[C@H](C)O[C@@H](C)C2)c(C)c1C. The number of rotatable bonds is 3. The molecule has 0 amide bonds. The number of ether oxygens (including phenoxy) is 2. The highest BCUT2D eigenvalue weighted by Crippen LogP contribution is 2.33. The molecule has 22 heavy (non-hydrogen) atoms. The molecule has 1 fully saturated rings. The number of aryl methyl sites for hydroxylation is 1. The lowest BCUT2D eigenvalue weighted by atomic mass is 10.1. The van der Waals surface area contributed by atoms with Crippen molar-refractivity contribution in [1.29, 1.82) is 0 Å². The first-order chi connectivity index (χ1) is 10.2. The lowest BCUT2D eigenvalue weighted by Gasteiger charge is -2.35. The van der Waals surface area contributed by atoms with Crippen LogP contribution in [-0.2, 0) is 14.8 Å². The molecule has 0 saturated carbocycles. The van der Waals surface area contributed by atoms with Crippen molar-refractivity contribution in [2.45, 2.75) is 51.7 Å². The van der Waals surface area contributed by atoms with E-state index in [2.05, 4.69) is 0 Å². The summed E-state index contributed by atoms with van der Waals surface area (Å²) in [6.07, 6.45) is -0.196. The van der Waals surface area contributed by atoms with Gasteiger partial charge in [0.25, 0.3) is 0 Å². The van der Waals surface area contributed by atoms with Crippen molar-refractivity contribution in [3.8, 4) is 5.75 Å². The second-order valence-corrected chi connectivity index (χ2v) is 7.96. The number of hydrogen-bond acceptors (Lipinski definition) is 4. The summed E-state index contributed by atoms with van der Waals surface area (Å²) in [5.41, 5.74) is 2.45. The Morgan fingerprint density at radius 1 is 1.14 bits per heavy atom. The monoisotopic (exact) mass is 327 g/mol. The minimum Gasteiger partial charge on any atom is -0.496 e. The van der Waals surface area contributed by atoms with E-state index in [1.165, 1.54) is 4.31 Å². The number of morpholine rings is 1. The van der Waals surface area contributed by atoms with Gasteiger partial charge in [-0.1, -0.05) is 0 Å². The number of methoxy groups -OCH3 is 1. The molecule has 0 aliphatic carbocycles. The Hall–Kier alpha value is -1.11. The molecule has 1 aliphatic rings. The second-order valence-electron chi connectivity index (χ2n) is 6.05. The van der Waals surface area contributed by atoms with Gasteiger partial charge >= 0.3 is 0 Å². The lowest BCUT2D eigenvalue weighted by molar-refractivity contribution is -0.0440. The van der Waals surface area contributed by atoms with Gasteiger partial charge in [-0.25, -0.2) is 8.42 Å². The number of hydrogen-bond donors (Lipinski definition) is 0. The van der Waals surface area contributed by atoms with Crippen molar-refractivity contribution < 1.29 is 17.9 Å². The first-order valence-electron chi connectivity index (χ1n) is 7.48. The predicted molar refractivity (Wildman–Crippen MR) is 86.0 cm³/mol. The summed E-state index contributed by atoms with van der Waals surface area (Å²) in [5, 5.41) is 0. The summed E-state index contributed by atoms with van der Waals surface area (Å²) in [6, 6.07) is 1.71. The molecule has 1 aromatic carbocycles. The summed E-state index contributed by atoms with van der Waals surface area (Å²) in [6.45, 7) is 10.2. The van der Waals surface area contributed by atoms with Crippen molar-refractivity contribution in [3.05, 3.63) is 22.8 Å². The van der Waals surface area contributed by atoms with Crippen LogP contribution in [0, 0.1) is 20.8 Å². The Morgan fingerprint density at radius 2 is 1.68 bits per heavy atom. The number of sulfonamides is 1. The van der Waals surface area contributed by atoms with Crippen molar-refractivity contribution in [2.75, 3.05) is 20.2 Å². The molecule has 0 radical (unpaired) electrons. The molecule has 6 heteroatoms. The highest BCUT2D eigenvalue weighted by Gasteiger charge is 2.33. The third-order valence-corrected chi connectivity index (χ3v) is 6.14. The van der Waals surface area contributed by atoms with Gasteiger partial charge in [0.2, 0.25) is 10.0 Å². The molecule has 0 unspecified atom stereocenters. The number of benzene rings is 1. The van der Waals surface area contributed by atoms with Crippen LogP contribution in [0.1, 0.15) is 30.5 Å². The fraction of sp³-hybridized carbons (Fsp3) is 0.625. The van der Waals surface area contributed by atoms with Crippen LogP contribution in [0.2, 0.25) is 0 Å². The van der Waals surface area contributed by atoms with E-state index >= 15 is 0 Å². The van der Waals surface area contributed by atoms with Crippen molar-refractivity contribution in [3.63, 3.8) is 0 Å². The molecule has 1 heterocycles. The Bertz CT molecular complexity index is 659. The maximum absolute atomic E-state index is 13.0. The molecule has 1 saturated heterocycles. The van der Waals surface area contributed by atoms with Gasteiger partial charge in [0.15, 0.2) is 0 Å². The van der Waals surface area contributed by atoms with E-state index in [0.29, 0.717) is 18.0 Å². The molecule has 1 aliphatic heterocycles. The molecule has 0 bridgehead atoms.